The van der Waals surface area contributed by atoms with Crippen molar-refractivity contribution < 1.29 is 9.84 Å². The maximum absolute atomic E-state index is 9.92. The van der Waals surface area contributed by atoms with Crippen LogP contribution < -0.4 is 5.73 Å². The third-order valence-corrected chi connectivity index (χ3v) is 3.11. The number of hydrogen-bond donors (Lipinski definition) is 2. The van der Waals surface area contributed by atoms with Crippen molar-refractivity contribution in [3.05, 3.63) is 0 Å². The zero-order valence-electron chi connectivity index (χ0n) is 11.0. The van der Waals surface area contributed by atoms with Crippen LogP contribution in [0.3, 0.4) is 0 Å². The summed E-state index contributed by atoms with van der Waals surface area (Å²) in [5, 5.41) is 9.92. The lowest BCUT2D eigenvalue weighted by Crippen LogP contribution is -2.37. The summed E-state index contributed by atoms with van der Waals surface area (Å²) in [6.07, 6.45) is 7.34. The molecular weight excluding hydrogens is 202 g/mol. The first-order valence-corrected chi connectivity index (χ1v) is 6.68. The van der Waals surface area contributed by atoms with Gasteiger partial charge in [0, 0.05) is 19.8 Å². The monoisotopic (exact) mass is 231 g/mol. The summed E-state index contributed by atoms with van der Waals surface area (Å²) in [5.41, 5.74) is 4.85. The normalized spacial score (nSPS) is 15.0. The topological polar surface area (TPSA) is 55.5 Å². The third-order valence-electron chi connectivity index (χ3n) is 3.11. The van der Waals surface area contributed by atoms with Gasteiger partial charge < -0.3 is 15.6 Å². The Bertz CT molecular complexity index is 147. The highest BCUT2D eigenvalue weighted by Gasteiger charge is 2.21. The molecule has 0 radical (unpaired) electrons. The van der Waals surface area contributed by atoms with Crippen LogP contribution in [-0.2, 0) is 4.74 Å². The predicted octanol–water partition coefficient (Wildman–Crippen LogP) is 2.46. The van der Waals surface area contributed by atoms with Crippen molar-refractivity contribution in [1.82, 2.24) is 0 Å². The molecule has 0 aliphatic rings. The van der Waals surface area contributed by atoms with E-state index in [1.54, 1.807) is 0 Å². The van der Waals surface area contributed by atoms with Crippen molar-refractivity contribution in [2.24, 2.45) is 5.73 Å². The van der Waals surface area contributed by atoms with Gasteiger partial charge in [-0.15, -0.1) is 0 Å². The fraction of sp³-hybridized carbons (Fsp3) is 1.00. The molecule has 0 saturated heterocycles. The lowest BCUT2D eigenvalue weighted by atomic mass is 9.95. The highest BCUT2D eigenvalue weighted by molar-refractivity contribution is 4.77. The van der Waals surface area contributed by atoms with Crippen LogP contribution in [0.4, 0.5) is 0 Å². The van der Waals surface area contributed by atoms with Crippen molar-refractivity contribution in [3.8, 4) is 0 Å². The van der Waals surface area contributed by atoms with Crippen molar-refractivity contribution in [2.75, 3.05) is 19.8 Å². The van der Waals surface area contributed by atoms with E-state index in [1.165, 1.54) is 19.3 Å². The van der Waals surface area contributed by atoms with E-state index in [-0.39, 0.29) is 0 Å². The maximum Gasteiger partial charge on any atom is 0.0767 e. The van der Waals surface area contributed by atoms with E-state index in [0.717, 1.165) is 38.9 Å². The van der Waals surface area contributed by atoms with Gasteiger partial charge in [-0.05, 0) is 25.7 Å². The standard InChI is InChI=1S/C13H29NO2/c1-3-5-6-7-10-16-11-8-9-13(15,4-2)12-14/h15H,3-12,14H2,1-2H3. The lowest BCUT2D eigenvalue weighted by Gasteiger charge is -2.24. The Kier molecular flexibility index (Phi) is 9.99. The molecular formula is C13H29NO2. The van der Waals surface area contributed by atoms with Crippen LogP contribution in [0.1, 0.15) is 58.8 Å². The second kappa shape index (κ2) is 10.1. The van der Waals surface area contributed by atoms with E-state index in [0.29, 0.717) is 6.54 Å². The van der Waals surface area contributed by atoms with Crippen molar-refractivity contribution in [3.63, 3.8) is 0 Å². The molecule has 0 aromatic carbocycles. The molecule has 0 aliphatic heterocycles. The Morgan fingerprint density at radius 1 is 1.06 bits per heavy atom. The smallest absolute Gasteiger partial charge is 0.0767 e. The fourth-order valence-electron chi connectivity index (χ4n) is 1.66. The van der Waals surface area contributed by atoms with E-state index in [9.17, 15) is 5.11 Å². The van der Waals surface area contributed by atoms with Gasteiger partial charge in [0.1, 0.15) is 0 Å². The zero-order chi connectivity index (χ0) is 12.3. The summed E-state index contributed by atoms with van der Waals surface area (Å²) in [6, 6.07) is 0. The van der Waals surface area contributed by atoms with Crippen LogP contribution in [0.2, 0.25) is 0 Å². The Balaban J connectivity index is 3.26. The Morgan fingerprint density at radius 3 is 2.31 bits per heavy atom. The molecule has 0 amide bonds. The average molecular weight is 231 g/mol. The van der Waals surface area contributed by atoms with E-state index < -0.39 is 5.60 Å². The van der Waals surface area contributed by atoms with Gasteiger partial charge in [0.2, 0.25) is 0 Å². The molecule has 3 N–H and O–H groups in total. The minimum Gasteiger partial charge on any atom is -0.389 e. The second-order valence-corrected chi connectivity index (χ2v) is 4.56. The van der Waals surface area contributed by atoms with E-state index in [1.807, 2.05) is 6.92 Å². The fourth-order valence-corrected chi connectivity index (χ4v) is 1.66. The average Bonchev–Trinajstić information content (AvgIpc) is 2.32. The first-order chi connectivity index (χ1) is 7.68. The van der Waals surface area contributed by atoms with Gasteiger partial charge in [-0.3, -0.25) is 0 Å². The van der Waals surface area contributed by atoms with E-state index in [2.05, 4.69) is 6.92 Å². The summed E-state index contributed by atoms with van der Waals surface area (Å²) < 4.78 is 5.51. The molecule has 0 aliphatic carbocycles. The molecule has 98 valence electrons. The van der Waals surface area contributed by atoms with Gasteiger partial charge in [0.25, 0.3) is 0 Å². The van der Waals surface area contributed by atoms with Crippen LogP contribution in [0.25, 0.3) is 0 Å². The Hall–Kier alpha value is -0.120. The summed E-state index contributed by atoms with van der Waals surface area (Å²) in [5.74, 6) is 0. The zero-order valence-corrected chi connectivity index (χ0v) is 11.0. The first kappa shape index (κ1) is 15.9. The van der Waals surface area contributed by atoms with Crippen LogP contribution in [0.15, 0.2) is 0 Å². The van der Waals surface area contributed by atoms with Crippen molar-refractivity contribution in [1.29, 1.82) is 0 Å². The summed E-state index contributed by atoms with van der Waals surface area (Å²) in [7, 11) is 0. The quantitative estimate of drug-likeness (QED) is 0.537. The van der Waals surface area contributed by atoms with Crippen LogP contribution in [0.5, 0.6) is 0 Å². The molecule has 1 unspecified atom stereocenters. The minimum atomic E-state index is -0.675. The third kappa shape index (κ3) is 8.08. The van der Waals surface area contributed by atoms with Crippen LogP contribution in [-0.4, -0.2) is 30.5 Å². The SMILES string of the molecule is CCCCCCOCCCC(O)(CC)CN. The molecule has 0 aromatic rings. The molecule has 0 spiro atoms. The lowest BCUT2D eigenvalue weighted by molar-refractivity contribution is 0.0232. The number of ether oxygens (including phenoxy) is 1. The van der Waals surface area contributed by atoms with E-state index >= 15 is 0 Å². The van der Waals surface area contributed by atoms with Gasteiger partial charge in [-0.1, -0.05) is 33.1 Å². The van der Waals surface area contributed by atoms with Crippen LogP contribution >= 0.6 is 0 Å². The maximum atomic E-state index is 9.92. The second-order valence-electron chi connectivity index (χ2n) is 4.56. The van der Waals surface area contributed by atoms with Crippen molar-refractivity contribution >= 4 is 0 Å². The number of unbranched alkanes of at least 4 members (excludes halogenated alkanes) is 3. The molecule has 0 saturated carbocycles. The first-order valence-electron chi connectivity index (χ1n) is 6.68. The molecule has 0 bridgehead atoms. The van der Waals surface area contributed by atoms with Gasteiger partial charge in [0.05, 0.1) is 5.60 Å². The summed E-state index contributed by atoms with van der Waals surface area (Å²) in [6.45, 7) is 6.12. The molecule has 3 heteroatoms. The largest absolute Gasteiger partial charge is 0.389 e. The molecule has 3 nitrogen and oxygen atoms in total. The molecule has 0 aromatic heterocycles. The molecule has 0 rings (SSSR count). The number of aliphatic hydroxyl groups is 1. The highest BCUT2D eigenvalue weighted by atomic mass is 16.5. The molecule has 0 fully saturated rings. The molecule has 0 heterocycles. The predicted molar refractivity (Wildman–Crippen MR) is 68.5 cm³/mol. The summed E-state index contributed by atoms with van der Waals surface area (Å²) >= 11 is 0. The number of hydrogen-bond acceptors (Lipinski definition) is 3. The van der Waals surface area contributed by atoms with Gasteiger partial charge in [0.15, 0.2) is 0 Å². The van der Waals surface area contributed by atoms with Gasteiger partial charge >= 0.3 is 0 Å². The Morgan fingerprint density at radius 2 is 1.75 bits per heavy atom. The van der Waals surface area contributed by atoms with E-state index in [4.69, 9.17) is 10.5 Å². The minimum absolute atomic E-state index is 0.347. The number of nitrogens with two attached hydrogens (primary N) is 1. The van der Waals surface area contributed by atoms with Crippen LogP contribution in [0, 0.1) is 0 Å². The molecule has 16 heavy (non-hydrogen) atoms. The van der Waals surface area contributed by atoms with Gasteiger partial charge in [-0.25, -0.2) is 0 Å². The summed E-state index contributed by atoms with van der Waals surface area (Å²) in [4.78, 5) is 0. The number of rotatable bonds is 11. The molecule has 1 atom stereocenters. The van der Waals surface area contributed by atoms with Gasteiger partial charge in [-0.2, -0.15) is 0 Å². The van der Waals surface area contributed by atoms with Crippen molar-refractivity contribution in [2.45, 2.75) is 64.4 Å². The highest BCUT2D eigenvalue weighted by Crippen LogP contribution is 2.15. The Labute approximate surface area is 100 Å².